The Labute approximate surface area is 108 Å². The zero-order chi connectivity index (χ0) is 13.2. The number of hydrogen-bond donors (Lipinski definition) is 1. The van der Waals surface area contributed by atoms with E-state index in [1.165, 1.54) is 6.26 Å². The maximum Gasteiger partial charge on any atom is 0.229 e. The molecule has 1 fully saturated rings. The highest BCUT2D eigenvalue weighted by Gasteiger charge is 2.17. The molecule has 5 nitrogen and oxygen atoms in total. The van der Waals surface area contributed by atoms with Crippen LogP contribution in [0.15, 0.2) is 24.3 Å². The summed E-state index contributed by atoms with van der Waals surface area (Å²) in [4.78, 5) is 4.48. The van der Waals surface area contributed by atoms with E-state index < -0.39 is 10.0 Å². The second kappa shape index (κ2) is 5.16. The van der Waals surface area contributed by atoms with Crippen molar-refractivity contribution in [3.63, 3.8) is 0 Å². The molecule has 2 rings (SSSR count). The van der Waals surface area contributed by atoms with Gasteiger partial charge in [-0.25, -0.2) is 8.42 Å². The standard InChI is InChI=1S/C12H19N3O2S/c1-14-7-9-15(10-8-14)12-6-4-3-5-11(12)13-18(2,16)17/h3-6,13H,7-10H2,1-2H3. The number of hydrogen-bond acceptors (Lipinski definition) is 4. The number of benzene rings is 1. The van der Waals surface area contributed by atoms with Crippen molar-refractivity contribution < 1.29 is 8.42 Å². The van der Waals surface area contributed by atoms with E-state index >= 15 is 0 Å². The third-order valence-corrected chi connectivity index (χ3v) is 3.63. The normalized spacial score (nSPS) is 17.8. The van der Waals surface area contributed by atoms with Crippen LogP contribution in [-0.4, -0.2) is 52.8 Å². The van der Waals surface area contributed by atoms with Crippen LogP contribution in [0.3, 0.4) is 0 Å². The quantitative estimate of drug-likeness (QED) is 0.882. The van der Waals surface area contributed by atoms with Crippen LogP contribution in [0.5, 0.6) is 0 Å². The predicted molar refractivity (Wildman–Crippen MR) is 74.6 cm³/mol. The lowest BCUT2D eigenvalue weighted by atomic mass is 10.2. The Balaban J connectivity index is 2.22. The summed E-state index contributed by atoms with van der Waals surface area (Å²) in [7, 11) is -1.14. The Morgan fingerprint density at radius 1 is 1.11 bits per heavy atom. The Bertz CT molecular complexity index is 508. The zero-order valence-corrected chi connectivity index (χ0v) is 11.6. The molecule has 0 aromatic heterocycles. The predicted octanol–water partition coefficient (Wildman–Crippen LogP) is 0.810. The van der Waals surface area contributed by atoms with Gasteiger partial charge in [0.15, 0.2) is 0 Å². The molecule has 1 aromatic rings. The monoisotopic (exact) mass is 269 g/mol. The van der Waals surface area contributed by atoms with Crippen molar-refractivity contribution in [2.75, 3.05) is 49.1 Å². The molecule has 1 N–H and O–H groups in total. The number of sulfonamides is 1. The van der Waals surface area contributed by atoms with Gasteiger partial charge < -0.3 is 9.80 Å². The van der Waals surface area contributed by atoms with E-state index in [9.17, 15) is 8.42 Å². The van der Waals surface area contributed by atoms with E-state index in [2.05, 4.69) is 21.6 Å². The molecule has 0 atom stereocenters. The van der Waals surface area contributed by atoms with Crippen LogP contribution in [-0.2, 0) is 10.0 Å². The average Bonchev–Trinajstić information content (AvgIpc) is 2.29. The van der Waals surface area contributed by atoms with Gasteiger partial charge in [0.2, 0.25) is 10.0 Å². The molecule has 1 aromatic carbocycles. The molecule has 0 aliphatic carbocycles. The number of piperazine rings is 1. The number of nitrogens with one attached hydrogen (secondary N) is 1. The second-order valence-corrected chi connectivity index (χ2v) is 6.43. The summed E-state index contributed by atoms with van der Waals surface area (Å²) in [5, 5.41) is 0. The van der Waals surface area contributed by atoms with Gasteiger partial charge >= 0.3 is 0 Å². The van der Waals surface area contributed by atoms with Crippen LogP contribution in [0.25, 0.3) is 0 Å². The fourth-order valence-corrected chi connectivity index (χ4v) is 2.65. The SMILES string of the molecule is CN1CCN(c2ccccc2NS(C)(=O)=O)CC1. The van der Waals surface area contributed by atoms with Gasteiger partial charge in [0.25, 0.3) is 0 Å². The van der Waals surface area contributed by atoms with Gasteiger partial charge in [-0.15, -0.1) is 0 Å². The van der Waals surface area contributed by atoms with Crippen molar-refractivity contribution in [2.45, 2.75) is 0 Å². The summed E-state index contributed by atoms with van der Waals surface area (Å²) in [5.41, 5.74) is 1.61. The maximum absolute atomic E-state index is 11.3. The van der Waals surface area contributed by atoms with Gasteiger partial charge in [-0.3, -0.25) is 4.72 Å². The minimum absolute atomic E-state index is 0.657. The Kier molecular flexibility index (Phi) is 3.77. The number of likely N-dealkylation sites (N-methyl/N-ethyl adjacent to an activating group) is 1. The van der Waals surface area contributed by atoms with Crippen molar-refractivity contribution >= 4 is 21.4 Å². The van der Waals surface area contributed by atoms with Gasteiger partial charge in [0.05, 0.1) is 17.6 Å². The number of rotatable bonds is 3. The first-order valence-electron chi connectivity index (χ1n) is 5.96. The molecular weight excluding hydrogens is 250 g/mol. The van der Waals surface area contributed by atoms with Crippen molar-refractivity contribution in [1.82, 2.24) is 4.90 Å². The highest BCUT2D eigenvalue weighted by atomic mass is 32.2. The molecule has 0 radical (unpaired) electrons. The molecule has 100 valence electrons. The number of para-hydroxylation sites is 2. The number of anilines is 2. The highest BCUT2D eigenvalue weighted by Crippen LogP contribution is 2.27. The van der Waals surface area contributed by atoms with Crippen LogP contribution >= 0.6 is 0 Å². The molecular formula is C12H19N3O2S. The van der Waals surface area contributed by atoms with Gasteiger partial charge in [-0.05, 0) is 19.2 Å². The van der Waals surface area contributed by atoms with Crippen LogP contribution in [0.1, 0.15) is 0 Å². The van der Waals surface area contributed by atoms with E-state index in [0.29, 0.717) is 5.69 Å². The fraction of sp³-hybridized carbons (Fsp3) is 0.500. The molecule has 1 aliphatic heterocycles. The number of nitrogens with zero attached hydrogens (tertiary/aromatic N) is 2. The summed E-state index contributed by atoms with van der Waals surface area (Å²) in [6.07, 6.45) is 1.17. The minimum Gasteiger partial charge on any atom is -0.367 e. The molecule has 1 heterocycles. The first-order valence-corrected chi connectivity index (χ1v) is 7.85. The topological polar surface area (TPSA) is 52.6 Å². The largest absolute Gasteiger partial charge is 0.367 e. The van der Waals surface area contributed by atoms with Gasteiger partial charge in [-0.2, -0.15) is 0 Å². The smallest absolute Gasteiger partial charge is 0.229 e. The van der Waals surface area contributed by atoms with E-state index in [-0.39, 0.29) is 0 Å². The lowest BCUT2D eigenvalue weighted by Gasteiger charge is -2.35. The molecule has 18 heavy (non-hydrogen) atoms. The summed E-state index contributed by atoms with van der Waals surface area (Å²) in [5.74, 6) is 0. The highest BCUT2D eigenvalue weighted by molar-refractivity contribution is 7.92. The molecule has 1 aliphatic rings. The molecule has 0 bridgehead atoms. The van der Waals surface area contributed by atoms with E-state index in [1.807, 2.05) is 18.2 Å². The maximum atomic E-state index is 11.3. The molecule has 0 spiro atoms. The lowest BCUT2D eigenvalue weighted by molar-refractivity contribution is 0.313. The van der Waals surface area contributed by atoms with E-state index in [4.69, 9.17) is 0 Å². The third-order valence-electron chi connectivity index (χ3n) is 3.04. The average molecular weight is 269 g/mol. The Morgan fingerprint density at radius 2 is 1.72 bits per heavy atom. The molecule has 6 heteroatoms. The third kappa shape index (κ3) is 3.36. The Morgan fingerprint density at radius 3 is 2.33 bits per heavy atom. The van der Waals surface area contributed by atoms with Crippen LogP contribution in [0, 0.1) is 0 Å². The summed E-state index contributed by atoms with van der Waals surface area (Å²) in [6, 6.07) is 7.53. The Hall–Kier alpha value is -1.27. The summed E-state index contributed by atoms with van der Waals surface area (Å²) < 4.78 is 25.3. The van der Waals surface area contributed by atoms with Crippen molar-refractivity contribution in [2.24, 2.45) is 0 Å². The van der Waals surface area contributed by atoms with Gasteiger partial charge in [-0.1, -0.05) is 12.1 Å². The lowest BCUT2D eigenvalue weighted by Crippen LogP contribution is -2.44. The molecule has 1 saturated heterocycles. The van der Waals surface area contributed by atoms with Crippen molar-refractivity contribution in [1.29, 1.82) is 0 Å². The van der Waals surface area contributed by atoms with Crippen molar-refractivity contribution in [3.8, 4) is 0 Å². The molecule has 0 saturated carbocycles. The molecule has 0 amide bonds. The first kappa shape index (κ1) is 13.2. The van der Waals surface area contributed by atoms with Crippen LogP contribution in [0.2, 0.25) is 0 Å². The second-order valence-electron chi connectivity index (χ2n) is 4.68. The van der Waals surface area contributed by atoms with Gasteiger partial charge in [0, 0.05) is 26.2 Å². The fourth-order valence-electron chi connectivity index (χ4n) is 2.08. The van der Waals surface area contributed by atoms with Crippen molar-refractivity contribution in [3.05, 3.63) is 24.3 Å². The molecule has 0 unspecified atom stereocenters. The minimum atomic E-state index is -3.24. The first-order chi connectivity index (χ1) is 8.46. The van der Waals surface area contributed by atoms with E-state index in [0.717, 1.165) is 31.9 Å². The summed E-state index contributed by atoms with van der Waals surface area (Å²) >= 11 is 0. The van der Waals surface area contributed by atoms with Crippen LogP contribution in [0.4, 0.5) is 11.4 Å². The van der Waals surface area contributed by atoms with E-state index in [1.54, 1.807) is 6.07 Å². The van der Waals surface area contributed by atoms with Gasteiger partial charge in [0.1, 0.15) is 0 Å². The summed E-state index contributed by atoms with van der Waals surface area (Å²) in [6.45, 7) is 3.82. The van der Waals surface area contributed by atoms with Crippen LogP contribution < -0.4 is 9.62 Å². The zero-order valence-electron chi connectivity index (χ0n) is 10.8.